The van der Waals surface area contributed by atoms with E-state index in [1.54, 1.807) is 19.1 Å². The van der Waals surface area contributed by atoms with Crippen LogP contribution in [0.5, 0.6) is 0 Å². The molecule has 2 rings (SSSR count). The molecule has 2 amide bonds. The topological polar surface area (TPSA) is 86.8 Å². The van der Waals surface area contributed by atoms with Crippen molar-refractivity contribution in [3.05, 3.63) is 65.2 Å². The van der Waals surface area contributed by atoms with Crippen molar-refractivity contribution < 1.29 is 18.0 Å². The molecule has 0 saturated carbocycles. The number of carbonyl (C=O) groups excluding carboxylic acids is 2. The summed E-state index contributed by atoms with van der Waals surface area (Å²) in [6.07, 6.45) is 0.766. The number of sulfonamides is 1. The Morgan fingerprint density at radius 1 is 0.939 bits per heavy atom. The number of amides is 2. The number of carbonyl (C=O) groups is 2. The van der Waals surface area contributed by atoms with Gasteiger partial charge in [0.1, 0.15) is 6.04 Å². The van der Waals surface area contributed by atoms with Gasteiger partial charge in [0.15, 0.2) is 0 Å². The van der Waals surface area contributed by atoms with Crippen molar-refractivity contribution in [2.75, 3.05) is 13.6 Å². The first kappa shape index (κ1) is 26.5. The Hall–Kier alpha value is -2.71. The molecule has 0 aliphatic heterocycles. The van der Waals surface area contributed by atoms with E-state index in [4.69, 9.17) is 0 Å². The molecule has 1 N–H and O–H groups in total. The minimum atomic E-state index is -3.85. The van der Waals surface area contributed by atoms with Gasteiger partial charge in [-0.3, -0.25) is 9.59 Å². The largest absolute Gasteiger partial charge is 0.352 e. The third-order valence-corrected chi connectivity index (χ3v) is 7.55. The third-order valence-electron chi connectivity index (χ3n) is 5.73. The summed E-state index contributed by atoms with van der Waals surface area (Å²) in [5, 5.41) is 2.91. The van der Waals surface area contributed by atoms with Crippen LogP contribution in [-0.4, -0.2) is 55.1 Å². The number of nitrogens with one attached hydrogen (secondary N) is 1. The molecule has 2 atom stereocenters. The summed E-state index contributed by atoms with van der Waals surface area (Å²) in [6.45, 7) is 9.21. The van der Waals surface area contributed by atoms with Gasteiger partial charge in [0.2, 0.25) is 21.8 Å². The van der Waals surface area contributed by atoms with Crippen molar-refractivity contribution in [1.29, 1.82) is 0 Å². The highest BCUT2D eigenvalue weighted by atomic mass is 32.2. The van der Waals surface area contributed by atoms with Crippen LogP contribution in [0.4, 0.5) is 0 Å². The van der Waals surface area contributed by atoms with Crippen molar-refractivity contribution in [3.8, 4) is 0 Å². The maximum Gasteiger partial charge on any atom is 0.243 e. The molecule has 2 aromatic carbocycles. The second-order valence-corrected chi connectivity index (χ2v) is 10.6. The van der Waals surface area contributed by atoms with Crippen LogP contribution >= 0.6 is 0 Å². The fraction of sp³-hybridized carbons (Fsp3) is 0.440. The van der Waals surface area contributed by atoms with Crippen LogP contribution in [0.2, 0.25) is 0 Å². The van der Waals surface area contributed by atoms with Crippen molar-refractivity contribution >= 4 is 21.8 Å². The first-order chi connectivity index (χ1) is 15.4. The van der Waals surface area contributed by atoms with E-state index < -0.39 is 22.0 Å². The van der Waals surface area contributed by atoms with Crippen LogP contribution in [-0.2, 0) is 26.2 Å². The van der Waals surface area contributed by atoms with Gasteiger partial charge < -0.3 is 10.2 Å². The summed E-state index contributed by atoms with van der Waals surface area (Å²) in [5.41, 5.74) is 2.89. The van der Waals surface area contributed by atoms with Gasteiger partial charge >= 0.3 is 0 Å². The number of nitrogens with zero attached hydrogens (tertiary/aromatic N) is 2. The smallest absolute Gasteiger partial charge is 0.243 e. The lowest BCUT2D eigenvalue weighted by molar-refractivity contribution is -0.140. The Morgan fingerprint density at radius 3 is 1.97 bits per heavy atom. The van der Waals surface area contributed by atoms with E-state index in [-0.39, 0.29) is 29.9 Å². The van der Waals surface area contributed by atoms with Crippen LogP contribution in [0.3, 0.4) is 0 Å². The zero-order chi connectivity index (χ0) is 24.8. The van der Waals surface area contributed by atoms with Crippen LogP contribution in [0, 0.1) is 13.8 Å². The fourth-order valence-corrected chi connectivity index (χ4v) is 4.32. The molecule has 0 unspecified atom stereocenters. The van der Waals surface area contributed by atoms with E-state index in [0.29, 0.717) is 0 Å². The molecule has 0 radical (unpaired) electrons. The number of benzene rings is 2. The Bertz CT molecular complexity index is 1050. The van der Waals surface area contributed by atoms with E-state index in [1.807, 2.05) is 52.0 Å². The number of aryl methyl sites for hydroxylation is 2. The molecular weight excluding hydrogens is 438 g/mol. The lowest BCUT2D eigenvalue weighted by Gasteiger charge is -2.31. The molecule has 2 aromatic rings. The van der Waals surface area contributed by atoms with Crippen LogP contribution in [0.25, 0.3) is 0 Å². The van der Waals surface area contributed by atoms with Crippen molar-refractivity contribution in [2.24, 2.45) is 0 Å². The van der Waals surface area contributed by atoms with E-state index in [9.17, 15) is 18.0 Å². The normalized spacial score (nSPS) is 13.4. The average molecular weight is 474 g/mol. The Labute approximate surface area is 197 Å². The van der Waals surface area contributed by atoms with E-state index in [1.165, 1.54) is 24.1 Å². The second kappa shape index (κ2) is 11.4. The van der Waals surface area contributed by atoms with Gasteiger partial charge in [-0.25, -0.2) is 8.42 Å². The Balaban J connectivity index is 2.26. The highest BCUT2D eigenvalue weighted by Gasteiger charge is 2.30. The molecule has 0 spiro atoms. The van der Waals surface area contributed by atoms with E-state index in [2.05, 4.69) is 5.32 Å². The summed E-state index contributed by atoms with van der Waals surface area (Å²) in [5.74, 6) is -0.714. The maximum absolute atomic E-state index is 13.3. The van der Waals surface area contributed by atoms with Crippen molar-refractivity contribution in [2.45, 2.75) is 64.6 Å². The standard InChI is InChI=1S/C25H35N3O4S/c1-7-20(4)26-25(30)21(5)28(16-22-12-8-18(2)9-13-22)24(29)17-27(6)33(31,32)23-14-10-19(3)11-15-23/h8-15,20-21H,7,16-17H2,1-6H3,(H,26,30)/t20-,21-/m1/s1. The monoisotopic (exact) mass is 473 g/mol. The first-order valence-electron chi connectivity index (χ1n) is 11.1. The molecule has 0 aliphatic carbocycles. The molecule has 7 nitrogen and oxygen atoms in total. The molecule has 8 heteroatoms. The second-order valence-electron chi connectivity index (χ2n) is 8.58. The SMILES string of the molecule is CC[C@@H](C)NC(=O)[C@@H](C)N(Cc1ccc(C)cc1)C(=O)CN(C)S(=O)(=O)c1ccc(C)cc1. The first-order valence-corrected chi connectivity index (χ1v) is 12.6. The molecule has 33 heavy (non-hydrogen) atoms. The number of likely N-dealkylation sites (N-methyl/N-ethyl adjacent to an activating group) is 1. The molecule has 0 aromatic heterocycles. The predicted octanol–water partition coefficient (Wildman–Crippen LogP) is 3.26. The summed E-state index contributed by atoms with van der Waals surface area (Å²) < 4.78 is 27.0. The van der Waals surface area contributed by atoms with E-state index >= 15 is 0 Å². The van der Waals surface area contributed by atoms with Crippen LogP contribution < -0.4 is 5.32 Å². The minimum absolute atomic E-state index is 0.0270. The molecule has 0 aliphatic rings. The Kier molecular flexibility index (Phi) is 9.19. The molecule has 0 saturated heterocycles. The lowest BCUT2D eigenvalue weighted by Crippen LogP contribution is -2.51. The predicted molar refractivity (Wildman–Crippen MR) is 130 cm³/mol. The maximum atomic E-state index is 13.3. The van der Waals surface area contributed by atoms with Gasteiger partial charge in [-0.05, 0) is 51.8 Å². The molecule has 0 bridgehead atoms. The van der Waals surface area contributed by atoms with Crippen LogP contribution in [0.1, 0.15) is 43.9 Å². The zero-order valence-electron chi connectivity index (χ0n) is 20.3. The van der Waals surface area contributed by atoms with Crippen molar-refractivity contribution in [1.82, 2.24) is 14.5 Å². The van der Waals surface area contributed by atoms with Crippen molar-refractivity contribution in [3.63, 3.8) is 0 Å². The number of hydrogen-bond acceptors (Lipinski definition) is 4. The van der Waals surface area contributed by atoms with Gasteiger partial charge in [0, 0.05) is 19.6 Å². The quantitative estimate of drug-likeness (QED) is 0.574. The average Bonchev–Trinajstić information content (AvgIpc) is 2.78. The third kappa shape index (κ3) is 7.14. The molecular formula is C25H35N3O4S. The summed E-state index contributed by atoms with van der Waals surface area (Å²) in [6, 6.07) is 13.4. The van der Waals surface area contributed by atoms with E-state index in [0.717, 1.165) is 27.4 Å². The summed E-state index contributed by atoms with van der Waals surface area (Å²) >= 11 is 0. The van der Waals surface area contributed by atoms with Gasteiger partial charge in [0.05, 0.1) is 11.4 Å². The van der Waals surface area contributed by atoms with Gasteiger partial charge in [0.25, 0.3) is 0 Å². The summed E-state index contributed by atoms with van der Waals surface area (Å²) in [7, 11) is -2.47. The highest BCUT2D eigenvalue weighted by molar-refractivity contribution is 7.89. The highest BCUT2D eigenvalue weighted by Crippen LogP contribution is 2.17. The van der Waals surface area contributed by atoms with Gasteiger partial charge in [-0.15, -0.1) is 0 Å². The molecule has 0 heterocycles. The minimum Gasteiger partial charge on any atom is -0.352 e. The van der Waals surface area contributed by atoms with Gasteiger partial charge in [-0.2, -0.15) is 4.31 Å². The zero-order valence-corrected chi connectivity index (χ0v) is 21.1. The fourth-order valence-electron chi connectivity index (χ4n) is 3.19. The lowest BCUT2D eigenvalue weighted by atomic mass is 10.1. The van der Waals surface area contributed by atoms with Gasteiger partial charge in [-0.1, -0.05) is 54.4 Å². The summed E-state index contributed by atoms with van der Waals surface area (Å²) in [4.78, 5) is 27.7. The Morgan fingerprint density at radius 2 is 1.45 bits per heavy atom. The number of hydrogen-bond donors (Lipinski definition) is 1. The number of rotatable bonds is 10. The molecule has 180 valence electrons. The van der Waals surface area contributed by atoms with Crippen LogP contribution in [0.15, 0.2) is 53.4 Å². The molecule has 0 fully saturated rings.